The Hall–Kier alpha value is -1.92. The van der Waals surface area contributed by atoms with E-state index in [1.54, 1.807) is 0 Å². The lowest BCUT2D eigenvalue weighted by molar-refractivity contribution is 0.0239. The number of carbonyl (C=O) groups excluding carboxylic acids is 1. The topological polar surface area (TPSA) is 74.2 Å². The van der Waals surface area contributed by atoms with Crippen LogP contribution in [0.25, 0.3) is 0 Å². The highest BCUT2D eigenvalue weighted by Gasteiger charge is 2.35. The van der Waals surface area contributed by atoms with Gasteiger partial charge in [-0.05, 0) is 44.6 Å². The van der Waals surface area contributed by atoms with Gasteiger partial charge in [0.25, 0.3) is 5.91 Å². The van der Waals surface area contributed by atoms with Crippen molar-refractivity contribution in [2.24, 2.45) is 5.92 Å². The van der Waals surface area contributed by atoms with Crippen LogP contribution in [0.5, 0.6) is 0 Å². The van der Waals surface area contributed by atoms with Crippen LogP contribution in [0.3, 0.4) is 0 Å². The lowest BCUT2D eigenvalue weighted by atomic mass is 9.75. The van der Waals surface area contributed by atoms with Crippen molar-refractivity contribution >= 4 is 22.4 Å². The van der Waals surface area contributed by atoms with Crippen LogP contribution in [0, 0.1) is 12.8 Å². The molecule has 3 N–H and O–H groups in total. The Morgan fingerprint density at radius 3 is 2.72 bits per heavy atom. The minimum atomic E-state index is -0.231. The number of aryl methyl sites for hydroxylation is 1. The van der Waals surface area contributed by atoms with Gasteiger partial charge in [0.15, 0.2) is 5.13 Å². The van der Waals surface area contributed by atoms with Crippen LogP contribution >= 0.6 is 11.3 Å². The van der Waals surface area contributed by atoms with E-state index in [1.165, 1.54) is 16.9 Å². The van der Waals surface area contributed by atoms with Crippen molar-refractivity contribution in [1.82, 2.24) is 10.3 Å². The minimum absolute atomic E-state index is 0.0300. The molecule has 1 fully saturated rings. The van der Waals surface area contributed by atoms with E-state index in [0.717, 1.165) is 36.6 Å². The third-order valence-corrected chi connectivity index (χ3v) is 5.78. The Bertz CT molecular complexity index is 711. The van der Waals surface area contributed by atoms with Gasteiger partial charge in [0, 0.05) is 12.6 Å². The van der Waals surface area contributed by atoms with Crippen LogP contribution in [0.2, 0.25) is 0 Å². The van der Waals surface area contributed by atoms with Crippen molar-refractivity contribution in [2.75, 3.05) is 11.9 Å². The Morgan fingerprint density at radius 1 is 1.36 bits per heavy atom. The number of nitrogens with one attached hydrogen (secondary N) is 2. The van der Waals surface area contributed by atoms with Gasteiger partial charge in [0.1, 0.15) is 4.88 Å². The molecule has 1 aliphatic carbocycles. The lowest BCUT2D eigenvalue weighted by Crippen LogP contribution is -2.48. The normalized spacial score (nSPS) is 20.6. The average molecular weight is 359 g/mol. The number of aliphatic hydroxyl groups is 1. The molecule has 0 aliphatic heterocycles. The first kappa shape index (κ1) is 17.9. The molecule has 5 nitrogen and oxygen atoms in total. The summed E-state index contributed by atoms with van der Waals surface area (Å²) in [6.45, 7) is 4.66. The number of hydrogen-bond acceptors (Lipinski definition) is 5. The molecule has 1 aromatic carbocycles. The second-order valence-corrected chi connectivity index (χ2v) is 7.62. The number of carbonyl (C=O) groups is 1. The SMILES string of the molecule is CCNc1nc(C)c(C(=O)N[C@H](Cc2ccccc2)C2CC(O)C2)s1. The van der Waals surface area contributed by atoms with Crippen LogP contribution in [-0.2, 0) is 6.42 Å². The number of amides is 1. The van der Waals surface area contributed by atoms with E-state index in [2.05, 4.69) is 27.8 Å². The maximum atomic E-state index is 12.8. The fourth-order valence-electron chi connectivity index (χ4n) is 3.23. The summed E-state index contributed by atoms with van der Waals surface area (Å²) in [5.74, 6) is 0.252. The highest BCUT2D eigenvalue weighted by Crippen LogP contribution is 2.32. The van der Waals surface area contributed by atoms with E-state index in [9.17, 15) is 9.90 Å². The maximum Gasteiger partial charge on any atom is 0.263 e. The third-order valence-electron chi connectivity index (χ3n) is 4.66. The first-order chi connectivity index (χ1) is 12.1. The monoisotopic (exact) mass is 359 g/mol. The van der Waals surface area contributed by atoms with Crippen molar-refractivity contribution in [3.05, 3.63) is 46.5 Å². The fraction of sp³-hybridized carbons (Fsp3) is 0.474. The number of aliphatic hydroxyl groups excluding tert-OH is 1. The highest BCUT2D eigenvalue weighted by molar-refractivity contribution is 7.17. The second-order valence-electron chi connectivity index (χ2n) is 6.62. The molecule has 1 aliphatic rings. The van der Waals surface area contributed by atoms with Gasteiger partial charge < -0.3 is 15.7 Å². The molecule has 0 spiro atoms. The number of rotatable bonds is 7. The molecule has 0 radical (unpaired) electrons. The van der Waals surface area contributed by atoms with Gasteiger partial charge in [0.05, 0.1) is 11.8 Å². The summed E-state index contributed by atoms with van der Waals surface area (Å²) in [7, 11) is 0. The smallest absolute Gasteiger partial charge is 0.263 e. The van der Waals surface area contributed by atoms with Crippen molar-refractivity contribution in [2.45, 2.75) is 45.3 Å². The Labute approximate surface area is 152 Å². The molecular formula is C19H25N3O2S. The van der Waals surface area contributed by atoms with E-state index in [1.807, 2.05) is 32.0 Å². The van der Waals surface area contributed by atoms with Crippen LogP contribution in [0.15, 0.2) is 30.3 Å². The molecular weight excluding hydrogens is 334 g/mol. The minimum Gasteiger partial charge on any atom is -0.393 e. The summed E-state index contributed by atoms with van der Waals surface area (Å²) in [5, 5.41) is 16.8. The Morgan fingerprint density at radius 2 is 2.08 bits per heavy atom. The van der Waals surface area contributed by atoms with E-state index in [-0.39, 0.29) is 18.1 Å². The predicted octanol–water partition coefficient (Wildman–Crippen LogP) is 3.00. The molecule has 25 heavy (non-hydrogen) atoms. The molecule has 6 heteroatoms. The summed E-state index contributed by atoms with van der Waals surface area (Å²) in [5.41, 5.74) is 1.95. The summed E-state index contributed by atoms with van der Waals surface area (Å²) < 4.78 is 0. The zero-order chi connectivity index (χ0) is 17.8. The number of benzene rings is 1. The summed E-state index contributed by atoms with van der Waals surface area (Å²) in [6.07, 6.45) is 2.05. The first-order valence-electron chi connectivity index (χ1n) is 8.81. The molecule has 1 heterocycles. The average Bonchev–Trinajstić information content (AvgIpc) is 2.93. The molecule has 0 saturated heterocycles. The quantitative estimate of drug-likeness (QED) is 0.710. The number of anilines is 1. The summed E-state index contributed by atoms with van der Waals surface area (Å²) >= 11 is 1.39. The zero-order valence-corrected chi connectivity index (χ0v) is 15.5. The standard InChI is InChI=1S/C19H25N3O2S/c1-3-20-19-21-12(2)17(25-19)18(24)22-16(14-10-15(23)11-14)9-13-7-5-4-6-8-13/h4-8,14-16,23H,3,9-11H2,1-2H3,(H,20,21)(H,22,24)/t14?,15?,16-/m1/s1. The lowest BCUT2D eigenvalue weighted by Gasteiger charge is -2.38. The van der Waals surface area contributed by atoms with E-state index >= 15 is 0 Å². The van der Waals surface area contributed by atoms with E-state index in [4.69, 9.17) is 0 Å². The number of hydrogen-bond donors (Lipinski definition) is 3. The van der Waals surface area contributed by atoms with Gasteiger partial charge in [-0.3, -0.25) is 4.79 Å². The number of aromatic nitrogens is 1. The number of thiazole rings is 1. The van der Waals surface area contributed by atoms with Crippen molar-refractivity contribution in [3.63, 3.8) is 0 Å². The molecule has 1 aromatic heterocycles. The molecule has 1 atom stereocenters. The van der Waals surface area contributed by atoms with Crippen LogP contribution in [-0.4, -0.2) is 34.7 Å². The zero-order valence-electron chi connectivity index (χ0n) is 14.7. The van der Waals surface area contributed by atoms with Crippen molar-refractivity contribution in [3.8, 4) is 0 Å². The molecule has 3 rings (SSSR count). The Balaban J connectivity index is 1.72. The fourth-order valence-corrected chi connectivity index (χ4v) is 4.17. The molecule has 1 amide bonds. The Kier molecular flexibility index (Phi) is 5.71. The maximum absolute atomic E-state index is 12.8. The van der Waals surface area contributed by atoms with Crippen LogP contribution in [0.1, 0.15) is 40.7 Å². The van der Waals surface area contributed by atoms with Gasteiger partial charge in [-0.2, -0.15) is 0 Å². The molecule has 1 saturated carbocycles. The second kappa shape index (κ2) is 7.97. The van der Waals surface area contributed by atoms with Crippen LogP contribution < -0.4 is 10.6 Å². The van der Waals surface area contributed by atoms with Crippen LogP contribution in [0.4, 0.5) is 5.13 Å². The van der Waals surface area contributed by atoms with Crippen molar-refractivity contribution in [1.29, 1.82) is 0 Å². The predicted molar refractivity (Wildman–Crippen MR) is 101 cm³/mol. The van der Waals surface area contributed by atoms with Gasteiger partial charge >= 0.3 is 0 Å². The van der Waals surface area contributed by atoms with E-state index in [0.29, 0.717) is 10.8 Å². The highest BCUT2D eigenvalue weighted by atomic mass is 32.1. The van der Waals surface area contributed by atoms with Crippen molar-refractivity contribution < 1.29 is 9.90 Å². The van der Waals surface area contributed by atoms with Gasteiger partial charge in [0.2, 0.25) is 0 Å². The first-order valence-corrected chi connectivity index (χ1v) is 9.62. The largest absolute Gasteiger partial charge is 0.393 e. The molecule has 0 bridgehead atoms. The molecule has 2 aromatic rings. The van der Waals surface area contributed by atoms with Gasteiger partial charge in [-0.15, -0.1) is 0 Å². The van der Waals surface area contributed by atoms with Gasteiger partial charge in [-0.1, -0.05) is 41.7 Å². The molecule has 134 valence electrons. The molecule has 0 unspecified atom stereocenters. The van der Waals surface area contributed by atoms with Gasteiger partial charge in [-0.25, -0.2) is 4.98 Å². The summed E-state index contributed by atoms with van der Waals surface area (Å²) in [4.78, 5) is 17.9. The number of nitrogens with zero attached hydrogens (tertiary/aromatic N) is 1. The van der Waals surface area contributed by atoms with E-state index < -0.39 is 0 Å². The third kappa shape index (κ3) is 4.38. The summed E-state index contributed by atoms with van der Waals surface area (Å²) in [6, 6.07) is 10.2.